The molecule has 3 saturated heterocycles. The van der Waals surface area contributed by atoms with Gasteiger partial charge in [0.1, 0.15) is 0 Å². The average molecular weight is 380 g/mol. The molecule has 2 bridgehead atoms. The second-order valence-corrected chi connectivity index (χ2v) is 8.08. The van der Waals surface area contributed by atoms with Crippen molar-refractivity contribution in [1.82, 2.24) is 15.5 Å². The second kappa shape index (κ2) is 10.2. The number of nitrogens with one attached hydrogen (secondary N) is 2. The van der Waals surface area contributed by atoms with Gasteiger partial charge in [-0.25, -0.2) is 0 Å². The highest BCUT2D eigenvalue weighted by Gasteiger charge is 2.34. The minimum atomic E-state index is 0. The number of halogens is 2. The Hall–Kier alpha value is -0.0300. The summed E-state index contributed by atoms with van der Waals surface area (Å²) in [6.07, 6.45) is 8.32. The topological polar surface area (TPSA) is 44.4 Å². The van der Waals surface area contributed by atoms with E-state index in [9.17, 15) is 4.79 Å². The quantitative estimate of drug-likeness (QED) is 0.771. The molecule has 0 radical (unpaired) electrons. The molecule has 3 fully saturated rings. The number of carbonyl (C=O) groups is 1. The maximum atomic E-state index is 12.3. The van der Waals surface area contributed by atoms with Crippen LogP contribution in [0, 0.1) is 11.8 Å². The molecule has 0 aromatic heterocycles. The van der Waals surface area contributed by atoms with E-state index in [1.807, 2.05) is 0 Å². The molecular formula is C18H35Cl2N3O. The lowest BCUT2D eigenvalue weighted by molar-refractivity contribution is -0.122. The molecule has 3 aliphatic rings. The largest absolute Gasteiger partial charge is 0.356 e. The molecule has 0 saturated carbocycles. The lowest BCUT2D eigenvalue weighted by Crippen LogP contribution is -2.44. The molecule has 1 amide bonds. The number of rotatable bonds is 5. The first-order chi connectivity index (χ1) is 10.6. The van der Waals surface area contributed by atoms with Gasteiger partial charge in [0, 0.05) is 37.6 Å². The summed E-state index contributed by atoms with van der Waals surface area (Å²) in [6.45, 7) is 7.79. The zero-order chi connectivity index (χ0) is 15.5. The van der Waals surface area contributed by atoms with E-state index in [0.717, 1.165) is 19.5 Å². The Morgan fingerprint density at radius 3 is 2.42 bits per heavy atom. The SMILES string of the molecule is CC(C)N1CCCC(CNC(=O)CC2CC3CCC(C2)N3)C1.Cl.Cl. The van der Waals surface area contributed by atoms with Crippen LogP contribution in [0.4, 0.5) is 0 Å². The summed E-state index contributed by atoms with van der Waals surface area (Å²) in [5, 5.41) is 6.88. The monoisotopic (exact) mass is 379 g/mol. The highest BCUT2D eigenvalue weighted by atomic mass is 35.5. The molecule has 3 atom stereocenters. The first-order valence-electron chi connectivity index (χ1n) is 9.37. The Bertz CT molecular complexity index is 382. The van der Waals surface area contributed by atoms with Crippen LogP contribution in [0.3, 0.4) is 0 Å². The Morgan fingerprint density at radius 1 is 1.12 bits per heavy atom. The van der Waals surface area contributed by atoms with Crippen molar-refractivity contribution in [2.75, 3.05) is 19.6 Å². The standard InChI is InChI=1S/C18H33N3O.2ClH/c1-13(2)21-7-3-4-14(12-21)11-19-18(22)10-15-8-16-5-6-17(9-15)20-16;;/h13-17,20H,3-12H2,1-2H3,(H,19,22);2*1H. The summed E-state index contributed by atoms with van der Waals surface area (Å²) in [5.74, 6) is 1.54. The van der Waals surface area contributed by atoms with Crippen LogP contribution in [0.5, 0.6) is 0 Å². The summed E-state index contributed by atoms with van der Waals surface area (Å²) < 4.78 is 0. The van der Waals surface area contributed by atoms with Crippen molar-refractivity contribution in [3.8, 4) is 0 Å². The van der Waals surface area contributed by atoms with Crippen molar-refractivity contribution in [2.24, 2.45) is 11.8 Å². The zero-order valence-electron chi connectivity index (χ0n) is 15.1. The van der Waals surface area contributed by atoms with E-state index in [4.69, 9.17) is 0 Å². The van der Waals surface area contributed by atoms with E-state index in [-0.39, 0.29) is 30.7 Å². The molecule has 0 aromatic rings. The van der Waals surface area contributed by atoms with Gasteiger partial charge in [-0.2, -0.15) is 0 Å². The smallest absolute Gasteiger partial charge is 0.220 e. The Kier molecular flexibility index (Phi) is 9.35. The Morgan fingerprint density at radius 2 is 1.79 bits per heavy atom. The third-order valence-electron chi connectivity index (χ3n) is 5.91. The lowest BCUT2D eigenvalue weighted by Gasteiger charge is -2.35. The van der Waals surface area contributed by atoms with Crippen LogP contribution < -0.4 is 10.6 Å². The molecular weight excluding hydrogens is 345 g/mol. The number of piperidine rings is 2. The van der Waals surface area contributed by atoms with Crippen LogP contribution in [-0.2, 0) is 4.79 Å². The molecule has 0 aromatic carbocycles. The van der Waals surface area contributed by atoms with Crippen molar-refractivity contribution in [2.45, 2.75) is 76.9 Å². The summed E-state index contributed by atoms with van der Waals surface area (Å²) in [7, 11) is 0. The summed E-state index contributed by atoms with van der Waals surface area (Å²) in [6, 6.07) is 2.01. The van der Waals surface area contributed by atoms with Crippen LogP contribution in [0.1, 0.15) is 58.8 Å². The molecule has 3 aliphatic heterocycles. The van der Waals surface area contributed by atoms with Gasteiger partial charge >= 0.3 is 0 Å². The number of hydrogen-bond donors (Lipinski definition) is 2. The molecule has 3 unspecified atom stereocenters. The Balaban J connectivity index is 0.00000144. The van der Waals surface area contributed by atoms with Crippen LogP contribution in [-0.4, -0.2) is 48.6 Å². The molecule has 24 heavy (non-hydrogen) atoms. The molecule has 3 heterocycles. The maximum absolute atomic E-state index is 12.3. The number of likely N-dealkylation sites (tertiary alicyclic amines) is 1. The van der Waals surface area contributed by atoms with E-state index < -0.39 is 0 Å². The van der Waals surface area contributed by atoms with E-state index in [1.54, 1.807) is 0 Å². The Labute approximate surface area is 159 Å². The number of amides is 1. The van der Waals surface area contributed by atoms with Crippen LogP contribution >= 0.6 is 24.8 Å². The van der Waals surface area contributed by atoms with Gasteiger partial charge in [-0.15, -0.1) is 24.8 Å². The zero-order valence-corrected chi connectivity index (χ0v) is 16.8. The molecule has 0 aliphatic carbocycles. The van der Waals surface area contributed by atoms with Gasteiger partial charge in [-0.3, -0.25) is 4.79 Å². The van der Waals surface area contributed by atoms with Gasteiger partial charge in [0.25, 0.3) is 0 Å². The summed E-state index contributed by atoms with van der Waals surface area (Å²) >= 11 is 0. The van der Waals surface area contributed by atoms with Gasteiger partial charge in [0.05, 0.1) is 0 Å². The van der Waals surface area contributed by atoms with E-state index in [0.29, 0.717) is 30.0 Å². The van der Waals surface area contributed by atoms with E-state index >= 15 is 0 Å². The van der Waals surface area contributed by atoms with Crippen LogP contribution in [0.25, 0.3) is 0 Å². The van der Waals surface area contributed by atoms with E-state index in [1.165, 1.54) is 45.1 Å². The highest BCUT2D eigenvalue weighted by molar-refractivity contribution is 5.85. The number of hydrogen-bond acceptors (Lipinski definition) is 3. The van der Waals surface area contributed by atoms with Crippen LogP contribution in [0.15, 0.2) is 0 Å². The predicted molar refractivity (Wildman–Crippen MR) is 104 cm³/mol. The van der Waals surface area contributed by atoms with Crippen molar-refractivity contribution < 1.29 is 4.79 Å². The van der Waals surface area contributed by atoms with Gasteiger partial charge in [0.2, 0.25) is 5.91 Å². The minimum Gasteiger partial charge on any atom is -0.356 e. The number of carbonyl (C=O) groups excluding carboxylic acids is 1. The fourth-order valence-electron chi connectivity index (χ4n) is 4.67. The normalized spacial score (nSPS) is 32.8. The molecule has 2 N–H and O–H groups in total. The minimum absolute atomic E-state index is 0. The maximum Gasteiger partial charge on any atom is 0.220 e. The van der Waals surface area contributed by atoms with Crippen molar-refractivity contribution in [3.05, 3.63) is 0 Å². The third kappa shape index (κ3) is 6.05. The fraction of sp³-hybridized carbons (Fsp3) is 0.944. The molecule has 142 valence electrons. The average Bonchev–Trinajstić information content (AvgIpc) is 2.84. The molecule has 0 spiro atoms. The third-order valence-corrected chi connectivity index (χ3v) is 5.91. The van der Waals surface area contributed by atoms with Gasteiger partial charge in [-0.05, 0) is 70.8 Å². The molecule has 6 heteroatoms. The summed E-state index contributed by atoms with van der Waals surface area (Å²) in [4.78, 5) is 14.8. The highest BCUT2D eigenvalue weighted by Crippen LogP contribution is 2.32. The number of fused-ring (bicyclic) bond motifs is 2. The molecule has 3 rings (SSSR count). The van der Waals surface area contributed by atoms with Gasteiger partial charge in [-0.1, -0.05) is 0 Å². The summed E-state index contributed by atoms with van der Waals surface area (Å²) in [5.41, 5.74) is 0. The second-order valence-electron chi connectivity index (χ2n) is 8.08. The first kappa shape index (κ1) is 22.0. The van der Waals surface area contributed by atoms with Crippen molar-refractivity contribution in [1.29, 1.82) is 0 Å². The van der Waals surface area contributed by atoms with Gasteiger partial charge < -0.3 is 15.5 Å². The fourth-order valence-corrected chi connectivity index (χ4v) is 4.67. The van der Waals surface area contributed by atoms with Crippen LogP contribution in [0.2, 0.25) is 0 Å². The molecule has 4 nitrogen and oxygen atoms in total. The van der Waals surface area contributed by atoms with Crippen molar-refractivity contribution >= 4 is 30.7 Å². The van der Waals surface area contributed by atoms with Gasteiger partial charge in [0.15, 0.2) is 0 Å². The van der Waals surface area contributed by atoms with Crippen molar-refractivity contribution in [3.63, 3.8) is 0 Å². The predicted octanol–water partition coefficient (Wildman–Crippen LogP) is 2.99. The first-order valence-corrected chi connectivity index (χ1v) is 9.37. The lowest BCUT2D eigenvalue weighted by atomic mass is 9.89. The van der Waals surface area contributed by atoms with E-state index in [2.05, 4.69) is 29.4 Å². The number of nitrogens with zero attached hydrogens (tertiary/aromatic N) is 1.